The number of rotatable bonds is 5. The number of aromatic nitrogens is 1. The number of carbonyl (C=O) groups excluding carboxylic acids is 1. The number of Topliss-reactive ketones (excluding diaryl/α,β-unsaturated/α-hetero) is 1. The second-order valence-corrected chi connectivity index (χ2v) is 5.75. The van der Waals surface area contributed by atoms with Crippen LogP contribution in [0.1, 0.15) is 29.5 Å². The fourth-order valence-corrected chi connectivity index (χ4v) is 2.89. The monoisotopic (exact) mass is 346 g/mol. The molecule has 0 radical (unpaired) electrons. The van der Waals surface area contributed by atoms with Crippen LogP contribution in [0.5, 0.6) is 5.75 Å². The fourth-order valence-electron chi connectivity index (χ4n) is 2.89. The Morgan fingerprint density at radius 2 is 1.96 bits per heavy atom. The molecule has 0 N–H and O–H groups in total. The van der Waals surface area contributed by atoms with Crippen molar-refractivity contribution in [2.75, 3.05) is 0 Å². The summed E-state index contributed by atoms with van der Waals surface area (Å²) in [6, 6.07) is 12.7. The normalized spacial score (nSPS) is 20.4. The number of hydrogen-bond acceptors (Lipinski definition) is 4. The fraction of sp³-hybridized carbons (Fsp3) is 0.278. The van der Waals surface area contributed by atoms with Crippen molar-refractivity contribution in [2.24, 2.45) is 5.92 Å². The Kier molecular flexibility index (Phi) is 4.45. The molecule has 1 aromatic carbocycles. The number of alkyl halides is 3. The van der Waals surface area contributed by atoms with Gasteiger partial charge >= 0.3 is 6.36 Å². The quantitative estimate of drug-likeness (QED) is 0.822. The minimum absolute atomic E-state index is 0.304. The molecule has 25 heavy (non-hydrogen) atoms. The van der Waals surface area contributed by atoms with Crippen LogP contribution < -0.4 is 4.74 Å². The molecule has 2 aromatic rings. The van der Waals surface area contributed by atoms with E-state index < -0.39 is 18.2 Å². The van der Waals surface area contributed by atoms with E-state index in [0.717, 1.165) is 0 Å². The van der Waals surface area contributed by atoms with E-state index in [4.69, 9.17) is 0 Å². The van der Waals surface area contributed by atoms with Crippen LogP contribution >= 0.6 is 0 Å². The number of benzene rings is 1. The maximum Gasteiger partial charge on any atom is 0.573 e. The third kappa shape index (κ3) is 3.79. The van der Waals surface area contributed by atoms with E-state index in [9.17, 15) is 23.2 Å². The van der Waals surface area contributed by atoms with Crippen molar-refractivity contribution < 1.29 is 22.7 Å². The summed E-state index contributed by atoms with van der Waals surface area (Å²) < 4.78 is 41.6. The van der Waals surface area contributed by atoms with E-state index in [1.165, 1.54) is 24.4 Å². The molecule has 0 spiro atoms. The molecule has 0 saturated heterocycles. The Hall–Kier alpha value is -2.88. The van der Waals surface area contributed by atoms with Crippen molar-refractivity contribution in [1.29, 1.82) is 5.26 Å². The molecule has 1 heterocycles. The van der Waals surface area contributed by atoms with Gasteiger partial charge in [-0.05, 0) is 36.1 Å². The molecule has 3 rings (SSSR count). The van der Waals surface area contributed by atoms with Crippen molar-refractivity contribution in [3.8, 4) is 11.8 Å². The van der Waals surface area contributed by atoms with Gasteiger partial charge in [-0.1, -0.05) is 24.3 Å². The van der Waals surface area contributed by atoms with Gasteiger partial charge in [0.05, 0.1) is 11.8 Å². The van der Waals surface area contributed by atoms with Gasteiger partial charge in [-0.25, -0.2) is 0 Å². The number of ether oxygens (including phenoxy) is 1. The first kappa shape index (κ1) is 17.0. The molecule has 0 bridgehead atoms. The highest BCUT2D eigenvalue weighted by atomic mass is 19.4. The van der Waals surface area contributed by atoms with Crippen LogP contribution in [0.4, 0.5) is 13.2 Å². The van der Waals surface area contributed by atoms with Crippen molar-refractivity contribution in [2.45, 2.75) is 24.6 Å². The molecule has 0 amide bonds. The molecule has 4 nitrogen and oxygen atoms in total. The molecule has 3 atom stereocenters. The summed E-state index contributed by atoms with van der Waals surface area (Å²) in [4.78, 5) is 16.6. The van der Waals surface area contributed by atoms with E-state index in [2.05, 4.69) is 9.72 Å². The van der Waals surface area contributed by atoms with E-state index in [1.54, 1.807) is 24.3 Å². The van der Waals surface area contributed by atoms with Gasteiger partial charge in [0, 0.05) is 12.1 Å². The average molecular weight is 346 g/mol. The third-order valence-corrected chi connectivity index (χ3v) is 4.10. The van der Waals surface area contributed by atoms with Crippen LogP contribution in [-0.2, 0) is 4.79 Å². The van der Waals surface area contributed by atoms with Crippen LogP contribution in [0.2, 0.25) is 0 Å². The second-order valence-electron chi connectivity index (χ2n) is 5.75. The molecule has 1 aliphatic carbocycles. The van der Waals surface area contributed by atoms with Gasteiger partial charge in [0.25, 0.3) is 0 Å². The minimum atomic E-state index is -4.80. The number of nitrogens with zero attached hydrogens (tertiary/aromatic N) is 2. The van der Waals surface area contributed by atoms with Gasteiger partial charge in [0.1, 0.15) is 11.7 Å². The maximum atomic E-state index is 12.6. The van der Waals surface area contributed by atoms with Crippen molar-refractivity contribution >= 4 is 5.78 Å². The maximum absolute atomic E-state index is 12.6. The molecule has 1 aromatic heterocycles. The Labute approximate surface area is 141 Å². The average Bonchev–Trinajstić information content (AvgIpc) is 3.36. The topological polar surface area (TPSA) is 63.0 Å². The number of para-hydroxylation sites is 1. The summed E-state index contributed by atoms with van der Waals surface area (Å²) in [5.74, 6) is -2.54. The predicted molar refractivity (Wildman–Crippen MR) is 81.6 cm³/mol. The number of hydrogen-bond donors (Lipinski definition) is 0. The lowest BCUT2D eigenvalue weighted by Gasteiger charge is -2.13. The van der Waals surface area contributed by atoms with Gasteiger partial charge in [-0.3, -0.25) is 9.78 Å². The number of halogens is 3. The summed E-state index contributed by atoms with van der Waals surface area (Å²) in [7, 11) is 0. The molecule has 1 fully saturated rings. The Morgan fingerprint density at radius 3 is 2.60 bits per heavy atom. The van der Waals surface area contributed by atoms with Gasteiger partial charge in [-0.15, -0.1) is 13.2 Å². The Morgan fingerprint density at radius 1 is 1.24 bits per heavy atom. The van der Waals surface area contributed by atoms with Gasteiger partial charge < -0.3 is 4.74 Å². The van der Waals surface area contributed by atoms with Crippen molar-refractivity contribution in [1.82, 2.24) is 4.98 Å². The van der Waals surface area contributed by atoms with Gasteiger partial charge in [0.15, 0.2) is 5.78 Å². The summed E-state index contributed by atoms with van der Waals surface area (Å²) in [5, 5.41) is 9.31. The number of pyridine rings is 1. The first-order valence-corrected chi connectivity index (χ1v) is 7.59. The predicted octanol–water partition coefficient (Wildman–Crippen LogP) is 3.96. The molecular formula is C18H13F3N2O2. The Balaban J connectivity index is 1.79. The third-order valence-electron chi connectivity index (χ3n) is 4.10. The first-order chi connectivity index (χ1) is 11.9. The smallest absolute Gasteiger partial charge is 0.405 e. The van der Waals surface area contributed by atoms with E-state index in [1.807, 2.05) is 6.07 Å². The lowest BCUT2D eigenvalue weighted by Crippen LogP contribution is -2.18. The summed E-state index contributed by atoms with van der Waals surface area (Å²) in [6.07, 6.45) is -2.92. The van der Waals surface area contributed by atoms with Gasteiger partial charge in [0.2, 0.25) is 0 Å². The van der Waals surface area contributed by atoms with Crippen LogP contribution in [-0.4, -0.2) is 17.1 Å². The summed E-state index contributed by atoms with van der Waals surface area (Å²) >= 11 is 0. The zero-order valence-corrected chi connectivity index (χ0v) is 12.9. The zero-order chi connectivity index (χ0) is 18.0. The first-order valence-electron chi connectivity index (χ1n) is 7.59. The molecule has 7 heteroatoms. The van der Waals surface area contributed by atoms with Crippen LogP contribution in [0.25, 0.3) is 0 Å². The molecule has 0 aliphatic heterocycles. The lowest BCUT2D eigenvalue weighted by atomic mass is 9.95. The van der Waals surface area contributed by atoms with E-state index in [0.29, 0.717) is 17.7 Å². The molecule has 1 aliphatic rings. The van der Waals surface area contributed by atoms with Gasteiger partial charge in [-0.2, -0.15) is 5.26 Å². The highest BCUT2D eigenvalue weighted by Crippen LogP contribution is 2.52. The van der Waals surface area contributed by atoms with E-state index >= 15 is 0 Å². The van der Waals surface area contributed by atoms with E-state index in [-0.39, 0.29) is 17.5 Å². The Bertz CT molecular complexity index is 815. The van der Waals surface area contributed by atoms with Crippen molar-refractivity contribution in [3.63, 3.8) is 0 Å². The minimum Gasteiger partial charge on any atom is -0.405 e. The standard InChI is InChI=1S/C18H13F3N2O2/c19-18(20,21)25-16-7-2-1-5-11(16)12-9-13(12)17(24)14(10-22)15-6-3-4-8-23-15/h1-8,12-14H,9H2/t12-,13+,14+/m1/s1. The summed E-state index contributed by atoms with van der Waals surface area (Å²) in [5.41, 5.74) is 0.677. The molecule has 1 saturated carbocycles. The number of nitriles is 1. The lowest BCUT2D eigenvalue weighted by molar-refractivity contribution is -0.274. The molecular weight excluding hydrogens is 333 g/mol. The molecule has 0 unspecified atom stereocenters. The summed E-state index contributed by atoms with van der Waals surface area (Å²) in [6.45, 7) is 0. The number of carbonyl (C=O) groups is 1. The highest BCUT2D eigenvalue weighted by molar-refractivity contribution is 5.93. The van der Waals surface area contributed by atoms with Crippen LogP contribution in [0.15, 0.2) is 48.7 Å². The second kappa shape index (κ2) is 6.55. The van der Waals surface area contributed by atoms with Crippen LogP contribution in [0.3, 0.4) is 0 Å². The highest BCUT2D eigenvalue weighted by Gasteiger charge is 2.48. The zero-order valence-electron chi connectivity index (χ0n) is 12.9. The SMILES string of the molecule is N#C[C@H](C(=O)[C@H]1C[C@@H]1c1ccccc1OC(F)(F)F)c1ccccn1. The van der Waals surface area contributed by atoms with Crippen molar-refractivity contribution in [3.05, 3.63) is 59.9 Å². The van der Waals surface area contributed by atoms with Crippen LogP contribution in [0, 0.1) is 17.2 Å². The number of ketones is 1. The largest absolute Gasteiger partial charge is 0.573 e. The molecule has 128 valence electrons.